The first-order valence-electron chi connectivity index (χ1n) is 7.13. The maximum atomic E-state index is 11.8. The van der Waals surface area contributed by atoms with Gasteiger partial charge in [0.25, 0.3) is 5.56 Å². The molecule has 0 radical (unpaired) electrons. The molecule has 2 N–H and O–H groups in total. The number of aliphatic hydroxyl groups is 1. The number of aromatic amines is 1. The van der Waals surface area contributed by atoms with Gasteiger partial charge in [0.05, 0.1) is 37.6 Å². The second-order valence-electron chi connectivity index (χ2n) is 4.98. The molecule has 0 fully saturated rings. The van der Waals surface area contributed by atoms with Gasteiger partial charge in [0, 0.05) is 19.2 Å². The molecule has 2 aromatic rings. The van der Waals surface area contributed by atoms with Crippen molar-refractivity contribution >= 4 is 10.9 Å². The van der Waals surface area contributed by atoms with Gasteiger partial charge in [0.2, 0.25) is 0 Å². The molecular weight excluding hydrogens is 286 g/mol. The monoisotopic (exact) mass is 307 g/mol. The highest BCUT2D eigenvalue weighted by atomic mass is 16.5. The van der Waals surface area contributed by atoms with Crippen molar-refractivity contribution < 1.29 is 14.6 Å². The summed E-state index contributed by atoms with van der Waals surface area (Å²) >= 11 is 0. The molecule has 0 saturated heterocycles. The number of methoxy groups -OCH3 is 1. The molecule has 1 aromatic carbocycles. The van der Waals surface area contributed by atoms with E-state index in [0.29, 0.717) is 35.6 Å². The molecular formula is C15H21N3O4. The molecule has 1 aromatic heterocycles. The number of aromatic nitrogens is 2. The van der Waals surface area contributed by atoms with Gasteiger partial charge in [-0.25, -0.2) is 4.98 Å². The van der Waals surface area contributed by atoms with Gasteiger partial charge in [-0.3, -0.25) is 4.79 Å². The molecule has 0 unspecified atom stereocenters. The van der Waals surface area contributed by atoms with Crippen LogP contribution < -0.4 is 15.0 Å². The number of benzene rings is 1. The van der Waals surface area contributed by atoms with Crippen LogP contribution in [0, 0.1) is 0 Å². The topological polar surface area (TPSA) is 87.7 Å². The third-order valence-corrected chi connectivity index (χ3v) is 3.35. The van der Waals surface area contributed by atoms with Crippen LogP contribution >= 0.6 is 0 Å². The van der Waals surface area contributed by atoms with Crippen LogP contribution in [0.2, 0.25) is 0 Å². The zero-order valence-corrected chi connectivity index (χ0v) is 12.8. The van der Waals surface area contributed by atoms with Crippen LogP contribution in [0.5, 0.6) is 11.5 Å². The minimum Gasteiger partial charge on any atom is -0.493 e. The summed E-state index contributed by atoms with van der Waals surface area (Å²) in [4.78, 5) is 20.5. The summed E-state index contributed by atoms with van der Waals surface area (Å²) in [6.07, 6.45) is 2.17. The maximum Gasteiger partial charge on any atom is 0.258 e. The van der Waals surface area contributed by atoms with Crippen LogP contribution in [0.3, 0.4) is 0 Å². The number of hydrogen-bond donors (Lipinski definition) is 2. The van der Waals surface area contributed by atoms with Crippen molar-refractivity contribution in [3.8, 4) is 11.5 Å². The van der Waals surface area contributed by atoms with Crippen LogP contribution in [0.4, 0.5) is 0 Å². The molecule has 7 nitrogen and oxygen atoms in total. The second-order valence-corrected chi connectivity index (χ2v) is 4.98. The van der Waals surface area contributed by atoms with Crippen molar-refractivity contribution in [1.82, 2.24) is 14.9 Å². The fraction of sp³-hybridized carbons (Fsp3) is 0.467. The smallest absolute Gasteiger partial charge is 0.258 e. The molecule has 2 rings (SSSR count). The fourth-order valence-corrected chi connectivity index (χ4v) is 2.15. The van der Waals surface area contributed by atoms with Gasteiger partial charge in [-0.1, -0.05) is 0 Å². The van der Waals surface area contributed by atoms with Crippen LogP contribution in [-0.2, 0) is 0 Å². The highest BCUT2D eigenvalue weighted by Gasteiger charge is 2.10. The van der Waals surface area contributed by atoms with Gasteiger partial charge >= 0.3 is 0 Å². The predicted octanol–water partition coefficient (Wildman–Crippen LogP) is 0.625. The normalized spacial score (nSPS) is 11.1. The Morgan fingerprint density at radius 1 is 1.32 bits per heavy atom. The molecule has 0 aliphatic rings. The summed E-state index contributed by atoms with van der Waals surface area (Å²) in [6, 6.07) is 3.34. The van der Waals surface area contributed by atoms with Gasteiger partial charge < -0.3 is 24.5 Å². The SMILES string of the molecule is COc1cc2nc[nH]c(=O)c2cc1OCCCN(C)CCO. The lowest BCUT2D eigenvalue weighted by molar-refractivity contribution is 0.206. The number of nitrogens with zero attached hydrogens (tertiary/aromatic N) is 2. The Kier molecular flexibility index (Phi) is 5.74. The number of nitrogens with one attached hydrogen (secondary N) is 1. The molecule has 0 aliphatic carbocycles. The van der Waals surface area contributed by atoms with Gasteiger partial charge in [-0.15, -0.1) is 0 Å². The van der Waals surface area contributed by atoms with Crippen molar-refractivity contribution in [1.29, 1.82) is 0 Å². The van der Waals surface area contributed by atoms with Crippen molar-refractivity contribution in [3.05, 3.63) is 28.8 Å². The second kappa shape index (κ2) is 7.77. The van der Waals surface area contributed by atoms with E-state index in [4.69, 9.17) is 14.6 Å². The van der Waals surface area contributed by atoms with E-state index in [-0.39, 0.29) is 12.2 Å². The van der Waals surface area contributed by atoms with E-state index in [1.54, 1.807) is 19.2 Å². The lowest BCUT2D eigenvalue weighted by Gasteiger charge is -2.16. The first-order chi connectivity index (χ1) is 10.7. The molecule has 7 heteroatoms. The summed E-state index contributed by atoms with van der Waals surface area (Å²) in [5, 5.41) is 9.31. The molecule has 0 saturated carbocycles. The zero-order chi connectivity index (χ0) is 15.9. The van der Waals surface area contributed by atoms with Crippen LogP contribution in [0.1, 0.15) is 6.42 Å². The fourth-order valence-electron chi connectivity index (χ4n) is 2.15. The van der Waals surface area contributed by atoms with Crippen LogP contribution in [0.25, 0.3) is 10.9 Å². The van der Waals surface area contributed by atoms with Crippen molar-refractivity contribution in [2.24, 2.45) is 0 Å². The Morgan fingerprint density at radius 3 is 2.86 bits per heavy atom. The molecule has 1 heterocycles. The standard InChI is InChI=1S/C15H21N3O4/c1-18(5-6-19)4-3-7-22-14-8-11-12(9-13(14)21-2)16-10-17-15(11)20/h8-10,19H,3-7H2,1-2H3,(H,16,17,20). The predicted molar refractivity (Wildman–Crippen MR) is 83.6 cm³/mol. The molecule has 0 spiro atoms. The van der Waals surface area contributed by atoms with Crippen molar-refractivity contribution in [2.75, 3.05) is 40.5 Å². The molecule has 0 atom stereocenters. The summed E-state index contributed by atoms with van der Waals surface area (Å²) in [7, 11) is 3.49. The Morgan fingerprint density at radius 2 is 2.14 bits per heavy atom. The lowest BCUT2D eigenvalue weighted by atomic mass is 10.2. The molecule has 0 bridgehead atoms. The Balaban J connectivity index is 2.06. The first kappa shape index (κ1) is 16.3. The number of hydrogen-bond acceptors (Lipinski definition) is 6. The summed E-state index contributed by atoms with van der Waals surface area (Å²) in [5.74, 6) is 1.08. The van der Waals surface area contributed by atoms with E-state index in [9.17, 15) is 4.79 Å². The summed E-state index contributed by atoms with van der Waals surface area (Å²) in [5.41, 5.74) is 0.357. The molecule has 0 amide bonds. The van der Waals surface area contributed by atoms with Gasteiger partial charge in [0.15, 0.2) is 11.5 Å². The quantitative estimate of drug-likeness (QED) is 0.695. The van der Waals surface area contributed by atoms with Gasteiger partial charge in [-0.05, 0) is 19.5 Å². The molecule has 0 aliphatic heterocycles. The molecule has 22 heavy (non-hydrogen) atoms. The zero-order valence-electron chi connectivity index (χ0n) is 12.8. The first-order valence-corrected chi connectivity index (χ1v) is 7.13. The van der Waals surface area contributed by atoms with E-state index in [2.05, 4.69) is 9.97 Å². The Bertz CT molecular complexity index is 671. The van der Waals surface area contributed by atoms with Crippen molar-refractivity contribution in [2.45, 2.75) is 6.42 Å². The van der Waals surface area contributed by atoms with E-state index >= 15 is 0 Å². The minimum absolute atomic E-state index is 0.144. The lowest BCUT2D eigenvalue weighted by Crippen LogP contribution is -2.24. The number of ether oxygens (including phenoxy) is 2. The van der Waals surface area contributed by atoms with E-state index in [1.807, 2.05) is 11.9 Å². The Hall–Kier alpha value is -2.12. The van der Waals surface area contributed by atoms with Crippen LogP contribution in [-0.4, -0.2) is 60.4 Å². The Labute approximate surface area is 128 Å². The number of fused-ring (bicyclic) bond motifs is 1. The highest BCUT2D eigenvalue weighted by Crippen LogP contribution is 2.30. The minimum atomic E-state index is -0.208. The number of aliphatic hydroxyl groups excluding tert-OH is 1. The summed E-state index contributed by atoms with van der Waals surface area (Å²) < 4.78 is 11.0. The average molecular weight is 307 g/mol. The molecule has 120 valence electrons. The highest BCUT2D eigenvalue weighted by molar-refractivity contribution is 5.81. The number of rotatable bonds is 8. The maximum absolute atomic E-state index is 11.8. The van der Waals surface area contributed by atoms with E-state index in [0.717, 1.165) is 13.0 Å². The van der Waals surface area contributed by atoms with Gasteiger partial charge in [-0.2, -0.15) is 0 Å². The summed E-state index contributed by atoms with van der Waals surface area (Å²) in [6.45, 7) is 2.10. The van der Waals surface area contributed by atoms with E-state index < -0.39 is 0 Å². The van der Waals surface area contributed by atoms with Crippen LogP contribution in [0.15, 0.2) is 23.3 Å². The largest absolute Gasteiger partial charge is 0.493 e. The average Bonchev–Trinajstić information content (AvgIpc) is 2.51. The van der Waals surface area contributed by atoms with Gasteiger partial charge in [0.1, 0.15) is 0 Å². The third kappa shape index (κ3) is 3.96. The number of likely N-dealkylation sites (N-methyl/N-ethyl adjacent to an activating group) is 1. The third-order valence-electron chi connectivity index (χ3n) is 3.35. The van der Waals surface area contributed by atoms with Crippen molar-refractivity contribution in [3.63, 3.8) is 0 Å². The number of H-pyrrole nitrogens is 1. The van der Waals surface area contributed by atoms with E-state index in [1.165, 1.54) is 6.33 Å².